The monoisotopic (exact) mass is 343 g/mol. The highest BCUT2D eigenvalue weighted by Gasteiger charge is 2.27. The first-order chi connectivity index (χ1) is 11.9. The van der Waals surface area contributed by atoms with Crippen LogP contribution < -0.4 is 9.47 Å². The van der Waals surface area contributed by atoms with Gasteiger partial charge < -0.3 is 14.2 Å². The molecule has 130 valence electrons. The Labute approximate surface area is 144 Å². The molecule has 0 aliphatic carbocycles. The number of nitro benzene ring substituents is 1. The van der Waals surface area contributed by atoms with Gasteiger partial charge in [0.2, 0.25) is 0 Å². The van der Waals surface area contributed by atoms with Gasteiger partial charge in [0.1, 0.15) is 25.4 Å². The van der Waals surface area contributed by atoms with Gasteiger partial charge in [-0.1, -0.05) is 29.3 Å². The number of hydrogen-bond acceptors (Lipinski definition) is 6. The second-order valence-electron chi connectivity index (χ2n) is 5.84. The number of esters is 1. The predicted octanol–water partition coefficient (Wildman–Crippen LogP) is 3.34. The molecule has 1 aliphatic heterocycles. The Morgan fingerprint density at radius 2 is 1.68 bits per heavy atom. The van der Waals surface area contributed by atoms with Gasteiger partial charge in [0.25, 0.3) is 5.69 Å². The van der Waals surface area contributed by atoms with Crippen molar-refractivity contribution in [1.82, 2.24) is 0 Å². The number of hydrogen-bond donors (Lipinski definition) is 0. The lowest BCUT2D eigenvalue weighted by atomic mass is 10.1. The molecular weight excluding hydrogens is 326 g/mol. The van der Waals surface area contributed by atoms with Crippen LogP contribution in [0.3, 0.4) is 0 Å². The van der Waals surface area contributed by atoms with Crippen LogP contribution in [0.5, 0.6) is 11.5 Å². The fourth-order valence-corrected chi connectivity index (χ4v) is 2.77. The summed E-state index contributed by atoms with van der Waals surface area (Å²) in [6, 6.07) is 8.31. The zero-order valence-corrected chi connectivity index (χ0v) is 13.9. The molecule has 7 nitrogen and oxygen atoms in total. The van der Waals surface area contributed by atoms with Crippen LogP contribution in [0, 0.1) is 24.0 Å². The van der Waals surface area contributed by atoms with Gasteiger partial charge in [-0.3, -0.25) is 10.1 Å². The molecule has 0 aromatic heterocycles. The van der Waals surface area contributed by atoms with Crippen LogP contribution >= 0.6 is 0 Å². The maximum atomic E-state index is 12.4. The van der Waals surface area contributed by atoms with Crippen molar-refractivity contribution in [2.24, 2.45) is 0 Å². The van der Waals surface area contributed by atoms with E-state index < -0.39 is 10.9 Å². The summed E-state index contributed by atoms with van der Waals surface area (Å²) in [5.41, 5.74) is 2.41. The fourth-order valence-electron chi connectivity index (χ4n) is 2.77. The predicted molar refractivity (Wildman–Crippen MR) is 89.1 cm³/mol. The third-order valence-electron chi connectivity index (χ3n) is 3.73. The quantitative estimate of drug-likeness (QED) is 0.481. The van der Waals surface area contributed by atoms with Crippen LogP contribution in [0.15, 0.2) is 30.3 Å². The Hall–Kier alpha value is -3.09. The van der Waals surface area contributed by atoms with Crippen molar-refractivity contribution >= 4 is 11.7 Å². The fraction of sp³-hybridized carbons (Fsp3) is 0.278. The minimum Gasteiger partial charge on any atom is -0.486 e. The van der Waals surface area contributed by atoms with E-state index in [0.29, 0.717) is 19.0 Å². The summed E-state index contributed by atoms with van der Waals surface area (Å²) in [7, 11) is 0. The van der Waals surface area contributed by atoms with Gasteiger partial charge in [0, 0.05) is 6.07 Å². The normalized spacial score (nSPS) is 12.6. The summed E-state index contributed by atoms with van der Waals surface area (Å²) in [6.45, 7) is 4.56. The molecule has 3 rings (SSSR count). The highest BCUT2D eigenvalue weighted by atomic mass is 16.6. The van der Waals surface area contributed by atoms with Gasteiger partial charge in [-0.15, -0.1) is 0 Å². The average Bonchev–Trinajstić information content (AvgIpc) is 2.57. The van der Waals surface area contributed by atoms with Crippen molar-refractivity contribution in [2.75, 3.05) is 13.2 Å². The Balaban J connectivity index is 1.84. The number of ether oxygens (including phenoxy) is 3. The maximum absolute atomic E-state index is 12.4. The van der Waals surface area contributed by atoms with Crippen LogP contribution in [-0.4, -0.2) is 24.1 Å². The van der Waals surface area contributed by atoms with Gasteiger partial charge >= 0.3 is 5.97 Å². The third kappa shape index (κ3) is 3.71. The Morgan fingerprint density at radius 3 is 2.28 bits per heavy atom. The molecule has 0 bridgehead atoms. The molecule has 2 aromatic rings. The average molecular weight is 343 g/mol. The molecule has 0 saturated heterocycles. The van der Waals surface area contributed by atoms with Crippen LogP contribution in [0.25, 0.3) is 0 Å². The lowest BCUT2D eigenvalue weighted by Crippen LogP contribution is -2.17. The number of benzene rings is 2. The van der Waals surface area contributed by atoms with Gasteiger partial charge in [-0.2, -0.15) is 0 Å². The molecule has 0 N–H and O–H groups in total. The summed E-state index contributed by atoms with van der Waals surface area (Å²) < 4.78 is 16.0. The second-order valence-corrected chi connectivity index (χ2v) is 5.84. The van der Waals surface area contributed by atoms with Gasteiger partial charge in [0.15, 0.2) is 11.5 Å². The summed E-state index contributed by atoms with van der Waals surface area (Å²) in [6.07, 6.45) is 0. The van der Waals surface area contributed by atoms with Crippen molar-refractivity contribution < 1.29 is 23.9 Å². The van der Waals surface area contributed by atoms with Crippen LogP contribution in [-0.2, 0) is 11.3 Å². The van der Waals surface area contributed by atoms with E-state index >= 15 is 0 Å². The second kappa shape index (κ2) is 6.80. The molecule has 0 atom stereocenters. The molecule has 0 spiro atoms. The Morgan fingerprint density at radius 1 is 1.08 bits per heavy atom. The highest BCUT2D eigenvalue weighted by molar-refractivity contribution is 5.95. The molecule has 25 heavy (non-hydrogen) atoms. The summed E-state index contributed by atoms with van der Waals surface area (Å²) >= 11 is 0. The first-order valence-corrected chi connectivity index (χ1v) is 7.76. The van der Waals surface area contributed by atoms with E-state index in [9.17, 15) is 14.9 Å². The highest BCUT2D eigenvalue weighted by Crippen LogP contribution is 2.37. The molecular formula is C18H17NO6. The molecule has 0 unspecified atom stereocenters. The zero-order chi connectivity index (χ0) is 18.0. The van der Waals surface area contributed by atoms with Crippen LogP contribution in [0.4, 0.5) is 5.69 Å². The first kappa shape index (κ1) is 16.8. The van der Waals surface area contributed by atoms with E-state index in [-0.39, 0.29) is 23.6 Å². The minimum atomic E-state index is -0.775. The molecule has 7 heteroatoms. The largest absolute Gasteiger partial charge is 0.486 e. The van der Waals surface area contributed by atoms with Crippen molar-refractivity contribution in [3.63, 3.8) is 0 Å². The van der Waals surface area contributed by atoms with Crippen molar-refractivity contribution in [3.8, 4) is 11.5 Å². The first-order valence-electron chi connectivity index (χ1n) is 7.76. The number of carbonyl (C=O) groups is 1. The zero-order valence-electron chi connectivity index (χ0n) is 13.9. The Bertz CT molecular complexity index is 825. The molecule has 0 saturated carbocycles. The number of aryl methyl sites for hydroxylation is 2. The van der Waals surface area contributed by atoms with E-state index in [4.69, 9.17) is 14.2 Å². The molecule has 0 amide bonds. The van der Waals surface area contributed by atoms with E-state index in [2.05, 4.69) is 0 Å². The number of rotatable bonds is 4. The SMILES string of the molecule is Cc1cc(C)cc(COC(=O)c2cc3c(cc2[N+](=O)[O-])OCCO3)c1. The third-order valence-corrected chi connectivity index (χ3v) is 3.73. The van der Waals surface area contributed by atoms with Crippen LogP contribution in [0.1, 0.15) is 27.0 Å². The number of carbonyl (C=O) groups excluding carboxylic acids is 1. The summed E-state index contributed by atoms with van der Waals surface area (Å²) in [5.74, 6) is -0.221. The molecule has 1 heterocycles. The summed E-state index contributed by atoms with van der Waals surface area (Å²) in [5, 5.41) is 11.3. The van der Waals surface area contributed by atoms with Crippen LogP contribution in [0.2, 0.25) is 0 Å². The Kier molecular flexibility index (Phi) is 4.56. The maximum Gasteiger partial charge on any atom is 0.345 e. The standard InChI is InChI=1S/C18H17NO6/c1-11-5-12(2)7-13(6-11)10-25-18(20)14-8-16-17(24-4-3-23-16)9-15(14)19(21)22/h5-9H,3-4,10H2,1-2H3. The van der Waals surface area contributed by atoms with Gasteiger partial charge in [-0.25, -0.2) is 4.79 Å². The lowest BCUT2D eigenvalue weighted by Gasteiger charge is -2.18. The summed E-state index contributed by atoms with van der Waals surface area (Å²) in [4.78, 5) is 23.0. The smallest absolute Gasteiger partial charge is 0.345 e. The number of nitrogens with zero attached hydrogens (tertiary/aromatic N) is 1. The topological polar surface area (TPSA) is 87.9 Å². The molecule has 1 aliphatic rings. The van der Waals surface area contributed by atoms with Crippen molar-refractivity contribution in [1.29, 1.82) is 0 Å². The van der Waals surface area contributed by atoms with E-state index in [1.807, 2.05) is 32.0 Å². The van der Waals surface area contributed by atoms with Gasteiger partial charge in [0.05, 0.1) is 11.0 Å². The molecule has 0 radical (unpaired) electrons. The molecule has 2 aromatic carbocycles. The van der Waals surface area contributed by atoms with E-state index in [0.717, 1.165) is 16.7 Å². The number of nitro groups is 1. The van der Waals surface area contributed by atoms with E-state index in [1.54, 1.807) is 0 Å². The van der Waals surface area contributed by atoms with Gasteiger partial charge in [-0.05, 0) is 19.4 Å². The lowest BCUT2D eigenvalue weighted by molar-refractivity contribution is -0.385. The number of fused-ring (bicyclic) bond motifs is 1. The molecule has 0 fully saturated rings. The van der Waals surface area contributed by atoms with Crippen molar-refractivity contribution in [2.45, 2.75) is 20.5 Å². The van der Waals surface area contributed by atoms with Crippen molar-refractivity contribution in [3.05, 3.63) is 62.7 Å². The minimum absolute atomic E-state index is 0.0347. The van der Waals surface area contributed by atoms with E-state index in [1.165, 1.54) is 12.1 Å².